The van der Waals surface area contributed by atoms with Crippen LogP contribution in [0.3, 0.4) is 0 Å². The summed E-state index contributed by atoms with van der Waals surface area (Å²) in [7, 11) is 0. The molecule has 0 spiro atoms. The molecular formula is C14H18ClNO2. The number of hydrogen-bond acceptors (Lipinski definition) is 2. The maximum atomic E-state index is 12.4. The number of benzene rings is 1. The number of aliphatic hydroxyl groups excluding tert-OH is 1. The summed E-state index contributed by atoms with van der Waals surface area (Å²) in [4.78, 5) is 12.4. The van der Waals surface area contributed by atoms with Crippen molar-refractivity contribution >= 4 is 17.5 Å². The highest BCUT2D eigenvalue weighted by molar-refractivity contribution is 6.30. The molecule has 0 bridgehead atoms. The number of aliphatic hydroxyl groups is 1. The third kappa shape index (κ3) is 2.38. The Kier molecular flexibility index (Phi) is 3.93. The molecular weight excluding hydrogens is 250 g/mol. The van der Waals surface area contributed by atoms with E-state index in [1.807, 2.05) is 24.3 Å². The smallest absolute Gasteiger partial charge is 0.230 e. The van der Waals surface area contributed by atoms with Crippen molar-refractivity contribution < 1.29 is 9.90 Å². The lowest BCUT2D eigenvalue weighted by atomic mass is 9.63. The van der Waals surface area contributed by atoms with E-state index < -0.39 is 5.41 Å². The van der Waals surface area contributed by atoms with Gasteiger partial charge < -0.3 is 10.4 Å². The van der Waals surface area contributed by atoms with Crippen LogP contribution in [0.15, 0.2) is 24.3 Å². The van der Waals surface area contributed by atoms with Gasteiger partial charge in [0, 0.05) is 11.1 Å². The van der Waals surface area contributed by atoms with Crippen LogP contribution < -0.4 is 5.32 Å². The van der Waals surface area contributed by atoms with Crippen LogP contribution in [0.25, 0.3) is 0 Å². The summed E-state index contributed by atoms with van der Waals surface area (Å²) < 4.78 is 0. The molecule has 3 nitrogen and oxygen atoms in total. The van der Waals surface area contributed by atoms with Gasteiger partial charge in [-0.2, -0.15) is 0 Å². The molecule has 1 amide bonds. The van der Waals surface area contributed by atoms with Gasteiger partial charge in [-0.05, 0) is 37.5 Å². The van der Waals surface area contributed by atoms with E-state index in [1.54, 1.807) is 6.92 Å². The minimum absolute atomic E-state index is 0.00225. The van der Waals surface area contributed by atoms with Crippen molar-refractivity contribution in [3.8, 4) is 0 Å². The number of carbonyl (C=O) groups excluding carboxylic acids is 1. The molecule has 1 aromatic rings. The van der Waals surface area contributed by atoms with Gasteiger partial charge >= 0.3 is 0 Å². The van der Waals surface area contributed by atoms with E-state index >= 15 is 0 Å². The molecule has 98 valence electrons. The van der Waals surface area contributed by atoms with E-state index in [1.165, 1.54) is 0 Å². The second-order valence-corrected chi connectivity index (χ2v) is 5.44. The molecule has 1 aromatic carbocycles. The van der Waals surface area contributed by atoms with Crippen molar-refractivity contribution in [3.63, 3.8) is 0 Å². The fraction of sp³-hybridized carbons (Fsp3) is 0.500. The summed E-state index contributed by atoms with van der Waals surface area (Å²) in [6.45, 7) is 1.75. The Morgan fingerprint density at radius 1 is 1.56 bits per heavy atom. The highest BCUT2D eigenvalue weighted by Crippen LogP contribution is 2.44. The minimum atomic E-state index is -0.450. The lowest BCUT2D eigenvalue weighted by Crippen LogP contribution is -2.52. The van der Waals surface area contributed by atoms with Gasteiger partial charge in [0.15, 0.2) is 0 Å². The Hall–Kier alpha value is -1.06. The summed E-state index contributed by atoms with van der Waals surface area (Å²) in [5.74, 6) is -0.00225. The number of hydrogen-bond donors (Lipinski definition) is 2. The maximum absolute atomic E-state index is 12.4. The van der Waals surface area contributed by atoms with Crippen LogP contribution in [0.4, 0.5) is 0 Å². The number of amides is 1. The van der Waals surface area contributed by atoms with E-state index in [2.05, 4.69) is 5.32 Å². The molecule has 0 aliphatic heterocycles. The monoisotopic (exact) mass is 267 g/mol. The molecule has 0 unspecified atom stereocenters. The van der Waals surface area contributed by atoms with Gasteiger partial charge in [-0.1, -0.05) is 30.2 Å². The molecule has 1 atom stereocenters. The fourth-order valence-corrected chi connectivity index (χ4v) is 2.56. The Balaban J connectivity index is 2.23. The van der Waals surface area contributed by atoms with Gasteiger partial charge in [-0.3, -0.25) is 4.79 Å². The topological polar surface area (TPSA) is 49.3 Å². The largest absolute Gasteiger partial charge is 0.394 e. The molecule has 0 radical (unpaired) electrons. The lowest BCUT2D eigenvalue weighted by molar-refractivity contribution is -0.130. The lowest BCUT2D eigenvalue weighted by Gasteiger charge is -2.41. The van der Waals surface area contributed by atoms with Crippen molar-refractivity contribution in [2.24, 2.45) is 0 Å². The first-order valence-electron chi connectivity index (χ1n) is 6.26. The van der Waals surface area contributed by atoms with Gasteiger partial charge in [0.1, 0.15) is 0 Å². The van der Waals surface area contributed by atoms with E-state index in [0.29, 0.717) is 5.02 Å². The van der Waals surface area contributed by atoms with Crippen LogP contribution in [0.1, 0.15) is 31.7 Å². The maximum Gasteiger partial charge on any atom is 0.230 e. The predicted molar refractivity (Wildman–Crippen MR) is 71.7 cm³/mol. The summed E-state index contributed by atoms with van der Waals surface area (Å²) in [6.07, 6.45) is 2.74. The standard InChI is InChI=1S/C14H18ClNO2/c1-10(9-17)16-13(18)14(6-3-7-14)11-4-2-5-12(15)8-11/h2,4-5,8,10,17H,3,6-7,9H2,1H3,(H,16,18)/t10-/m1/s1. The highest BCUT2D eigenvalue weighted by atomic mass is 35.5. The van der Waals surface area contributed by atoms with Crippen LogP contribution in [-0.2, 0) is 10.2 Å². The molecule has 0 saturated heterocycles. The third-order valence-electron chi connectivity index (χ3n) is 3.67. The van der Waals surface area contributed by atoms with Crippen molar-refractivity contribution in [2.45, 2.75) is 37.6 Å². The van der Waals surface area contributed by atoms with Gasteiger partial charge in [-0.15, -0.1) is 0 Å². The van der Waals surface area contributed by atoms with Crippen molar-refractivity contribution in [3.05, 3.63) is 34.9 Å². The van der Waals surface area contributed by atoms with Crippen LogP contribution in [0, 0.1) is 0 Å². The molecule has 2 rings (SSSR count). The van der Waals surface area contributed by atoms with E-state index in [9.17, 15) is 4.79 Å². The van der Waals surface area contributed by atoms with Gasteiger partial charge in [-0.25, -0.2) is 0 Å². The van der Waals surface area contributed by atoms with Crippen LogP contribution in [-0.4, -0.2) is 23.7 Å². The first-order chi connectivity index (χ1) is 8.58. The van der Waals surface area contributed by atoms with Gasteiger partial charge in [0.05, 0.1) is 12.0 Å². The highest BCUT2D eigenvalue weighted by Gasteiger charge is 2.45. The zero-order valence-corrected chi connectivity index (χ0v) is 11.2. The zero-order valence-electron chi connectivity index (χ0n) is 10.4. The van der Waals surface area contributed by atoms with E-state index in [4.69, 9.17) is 16.7 Å². The normalized spacial score (nSPS) is 18.8. The molecule has 2 N–H and O–H groups in total. The third-order valence-corrected chi connectivity index (χ3v) is 3.91. The molecule has 0 aromatic heterocycles. The first kappa shape index (κ1) is 13.4. The summed E-state index contributed by atoms with van der Waals surface area (Å²) in [6, 6.07) is 7.29. The first-order valence-corrected chi connectivity index (χ1v) is 6.64. The number of carbonyl (C=O) groups is 1. The summed E-state index contributed by atoms with van der Waals surface area (Å²) >= 11 is 6.00. The molecule has 4 heteroatoms. The van der Waals surface area contributed by atoms with Crippen LogP contribution in [0.5, 0.6) is 0 Å². The quantitative estimate of drug-likeness (QED) is 0.879. The Morgan fingerprint density at radius 2 is 2.28 bits per heavy atom. The van der Waals surface area contributed by atoms with Crippen molar-refractivity contribution in [1.29, 1.82) is 0 Å². The van der Waals surface area contributed by atoms with E-state index in [0.717, 1.165) is 24.8 Å². The van der Waals surface area contributed by atoms with Crippen LogP contribution in [0.2, 0.25) is 5.02 Å². The Bertz CT molecular complexity index is 443. The second-order valence-electron chi connectivity index (χ2n) is 5.00. The van der Waals surface area contributed by atoms with Gasteiger partial charge in [0.25, 0.3) is 0 Å². The van der Waals surface area contributed by atoms with Crippen LogP contribution >= 0.6 is 11.6 Å². The zero-order chi connectivity index (χ0) is 13.2. The Morgan fingerprint density at radius 3 is 2.78 bits per heavy atom. The molecule has 1 aliphatic carbocycles. The minimum Gasteiger partial charge on any atom is -0.394 e. The number of nitrogens with one attached hydrogen (secondary N) is 1. The molecule has 1 fully saturated rings. The number of halogens is 1. The van der Waals surface area contributed by atoms with E-state index in [-0.39, 0.29) is 18.6 Å². The predicted octanol–water partition coefficient (Wildman–Crippen LogP) is 2.26. The average Bonchev–Trinajstić information content (AvgIpc) is 2.27. The molecule has 1 aliphatic rings. The fourth-order valence-electron chi connectivity index (χ4n) is 2.37. The summed E-state index contributed by atoms with van der Waals surface area (Å²) in [5, 5.41) is 12.5. The molecule has 0 heterocycles. The Labute approximate surface area is 112 Å². The molecule has 1 saturated carbocycles. The van der Waals surface area contributed by atoms with Crippen molar-refractivity contribution in [2.75, 3.05) is 6.61 Å². The number of rotatable bonds is 4. The van der Waals surface area contributed by atoms with Crippen molar-refractivity contribution in [1.82, 2.24) is 5.32 Å². The average molecular weight is 268 g/mol. The second kappa shape index (κ2) is 5.29. The summed E-state index contributed by atoms with van der Waals surface area (Å²) in [5.41, 5.74) is 0.526. The molecule has 18 heavy (non-hydrogen) atoms. The van der Waals surface area contributed by atoms with Gasteiger partial charge in [0.2, 0.25) is 5.91 Å². The SMILES string of the molecule is C[C@H](CO)NC(=O)C1(c2cccc(Cl)c2)CCC1.